The van der Waals surface area contributed by atoms with Crippen LogP contribution in [-0.4, -0.2) is 41.1 Å². The second-order valence-corrected chi connectivity index (χ2v) is 6.89. The minimum absolute atomic E-state index is 0.194. The van der Waals surface area contributed by atoms with Crippen LogP contribution in [0.1, 0.15) is 51.3 Å². The lowest BCUT2D eigenvalue weighted by atomic mass is 9.97. The maximum absolute atomic E-state index is 13.0. The third-order valence-electron chi connectivity index (χ3n) is 5.04. The van der Waals surface area contributed by atoms with Crippen LogP contribution in [0, 0.1) is 11.7 Å². The number of hydrogen-bond acceptors (Lipinski definition) is 5. The molecule has 0 aromatic heterocycles. The average molecular weight is 397 g/mol. The molecule has 6 nitrogen and oxygen atoms in total. The van der Waals surface area contributed by atoms with Crippen molar-refractivity contribution < 1.29 is 28.3 Å². The van der Waals surface area contributed by atoms with Gasteiger partial charge in [0.05, 0.1) is 11.1 Å². The summed E-state index contributed by atoms with van der Waals surface area (Å²) in [5, 5.41) is 0. The molecule has 0 N–H and O–H groups in total. The van der Waals surface area contributed by atoms with Gasteiger partial charge in [0.2, 0.25) is 0 Å². The number of ether oxygens (including phenoxy) is 1. The van der Waals surface area contributed by atoms with Crippen LogP contribution in [0.25, 0.3) is 0 Å². The molecule has 3 rings (SSSR count). The molecule has 2 aromatic carbocycles. The van der Waals surface area contributed by atoms with Crippen LogP contribution in [0.2, 0.25) is 0 Å². The van der Waals surface area contributed by atoms with Gasteiger partial charge in [-0.1, -0.05) is 32.4 Å². The molecule has 1 aliphatic rings. The molecule has 0 aliphatic carbocycles. The minimum Gasteiger partial charge on any atom is -0.456 e. The Morgan fingerprint density at radius 1 is 1.00 bits per heavy atom. The topological polar surface area (TPSA) is 80.8 Å². The average Bonchev–Trinajstić information content (AvgIpc) is 2.98. The SMILES string of the molecule is CC[C@H](C)[C@@H](C(=O)OCC(=O)c1ccc(F)cc1)N1C(=O)c2ccccc2C1=O. The number of benzene rings is 2. The first-order chi connectivity index (χ1) is 13.8. The van der Waals surface area contributed by atoms with Crippen molar-refractivity contribution in [3.8, 4) is 0 Å². The van der Waals surface area contributed by atoms with Crippen LogP contribution in [0.5, 0.6) is 0 Å². The highest BCUT2D eigenvalue weighted by atomic mass is 19.1. The van der Waals surface area contributed by atoms with Gasteiger partial charge < -0.3 is 4.74 Å². The fraction of sp³-hybridized carbons (Fsp3) is 0.273. The third kappa shape index (κ3) is 3.94. The Balaban J connectivity index is 1.78. The van der Waals surface area contributed by atoms with E-state index in [4.69, 9.17) is 4.74 Å². The number of esters is 1. The molecule has 0 saturated heterocycles. The van der Waals surface area contributed by atoms with Crippen molar-refractivity contribution in [3.05, 3.63) is 71.0 Å². The van der Waals surface area contributed by atoms with Crippen LogP contribution in [-0.2, 0) is 9.53 Å². The van der Waals surface area contributed by atoms with Gasteiger partial charge in [0.25, 0.3) is 11.8 Å². The van der Waals surface area contributed by atoms with Crippen LogP contribution >= 0.6 is 0 Å². The smallest absolute Gasteiger partial charge is 0.330 e. The van der Waals surface area contributed by atoms with Crippen LogP contribution < -0.4 is 0 Å². The molecule has 1 heterocycles. The molecule has 150 valence electrons. The highest BCUT2D eigenvalue weighted by molar-refractivity contribution is 6.22. The summed E-state index contributed by atoms with van der Waals surface area (Å²) in [5.74, 6) is -3.31. The van der Waals surface area contributed by atoms with Crippen LogP contribution in [0.4, 0.5) is 4.39 Å². The highest BCUT2D eigenvalue weighted by Crippen LogP contribution is 2.28. The van der Waals surface area contributed by atoms with Crippen molar-refractivity contribution >= 4 is 23.6 Å². The zero-order valence-corrected chi connectivity index (χ0v) is 16.1. The molecular formula is C22H20FNO5. The third-order valence-corrected chi connectivity index (χ3v) is 5.04. The van der Waals surface area contributed by atoms with Crippen molar-refractivity contribution in [1.82, 2.24) is 4.90 Å². The van der Waals surface area contributed by atoms with Gasteiger partial charge in [0.15, 0.2) is 12.4 Å². The highest BCUT2D eigenvalue weighted by Gasteiger charge is 2.45. The van der Waals surface area contributed by atoms with E-state index >= 15 is 0 Å². The molecule has 2 aromatic rings. The summed E-state index contributed by atoms with van der Waals surface area (Å²) in [5.41, 5.74) is 0.669. The summed E-state index contributed by atoms with van der Waals surface area (Å²) in [6.45, 7) is 2.99. The molecule has 2 amide bonds. The van der Waals surface area contributed by atoms with Gasteiger partial charge in [0.1, 0.15) is 11.9 Å². The van der Waals surface area contributed by atoms with E-state index in [2.05, 4.69) is 0 Å². The summed E-state index contributed by atoms with van der Waals surface area (Å²) in [7, 11) is 0. The van der Waals surface area contributed by atoms with E-state index in [1.165, 1.54) is 24.3 Å². The molecule has 2 atom stereocenters. The molecule has 0 radical (unpaired) electrons. The number of ketones is 1. The number of nitrogens with zero attached hydrogens (tertiary/aromatic N) is 1. The normalized spacial score (nSPS) is 15.1. The predicted octanol–water partition coefficient (Wildman–Crippen LogP) is 3.26. The van der Waals surface area contributed by atoms with Gasteiger partial charge in [-0.25, -0.2) is 9.18 Å². The van der Waals surface area contributed by atoms with Gasteiger partial charge in [-0.05, 0) is 42.3 Å². The summed E-state index contributed by atoms with van der Waals surface area (Å²) in [6.07, 6.45) is 0.513. The number of rotatable bonds is 7. The second-order valence-electron chi connectivity index (χ2n) is 6.89. The Labute approximate surface area is 167 Å². The Bertz CT molecular complexity index is 934. The van der Waals surface area contributed by atoms with Gasteiger partial charge in [-0.2, -0.15) is 0 Å². The van der Waals surface area contributed by atoms with E-state index < -0.39 is 42.0 Å². The van der Waals surface area contributed by atoms with E-state index in [-0.39, 0.29) is 22.6 Å². The summed E-state index contributed by atoms with van der Waals surface area (Å²) in [6, 6.07) is 10.1. The van der Waals surface area contributed by atoms with E-state index in [1.807, 2.05) is 6.92 Å². The molecule has 0 fully saturated rings. The fourth-order valence-electron chi connectivity index (χ4n) is 3.22. The molecule has 0 spiro atoms. The minimum atomic E-state index is -1.14. The Morgan fingerprint density at radius 2 is 1.55 bits per heavy atom. The monoisotopic (exact) mass is 397 g/mol. The maximum Gasteiger partial charge on any atom is 0.330 e. The van der Waals surface area contributed by atoms with Gasteiger partial charge in [0, 0.05) is 5.56 Å². The Hall–Kier alpha value is -3.35. The summed E-state index contributed by atoms with van der Waals surface area (Å²) in [4.78, 5) is 51.4. The molecule has 0 unspecified atom stereocenters. The fourth-order valence-corrected chi connectivity index (χ4v) is 3.22. The molecule has 7 heteroatoms. The molecule has 0 bridgehead atoms. The first-order valence-corrected chi connectivity index (χ1v) is 9.27. The molecule has 29 heavy (non-hydrogen) atoms. The maximum atomic E-state index is 13.0. The van der Waals surface area contributed by atoms with Crippen LogP contribution in [0.15, 0.2) is 48.5 Å². The Kier molecular flexibility index (Phi) is 5.87. The number of carbonyl (C=O) groups excluding carboxylic acids is 4. The largest absolute Gasteiger partial charge is 0.456 e. The lowest BCUT2D eigenvalue weighted by Crippen LogP contribution is -2.49. The summed E-state index contributed by atoms with van der Waals surface area (Å²) < 4.78 is 18.1. The predicted molar refractivity (Wildman–Crippen MR) is 102 cm³/mol. The summed E-state index contributed by atoms with van der Waals surface area (Å²) >= 11 is 0. The van der Waals surface area contributed by atoms with Crippen LogP contribution in [0.3, 0.4) is 0 Å². The van der Waals surface area contributed by atoms with E-state index in [0.717, 1.165) is 17.0 Å². The number of carbonyl (C=O) groups is 4. The van der Waals surface area contributed by atoms with Gasteiger partial charge in [-0.3, -0.25) is 19.3 Å². The quantitative estimate of drug-likeness (QED) is 0.407. The van der Waals surface area contributed by atoms with Crippen molar-refractivity contribution in [2.75, 3.05) is 6.61 Å². The molecule has 1 aliphatic heterocycles. The van der Waals surface area contributed by atoms with Gasteiger partial charge in [-0.15, -0.1) is 0 Å². The lowest BCUT2D eigenvalue weighted by Gasteiger charge is -2.28. The van der Waals surface area contributed by atoms with Crippen molar-refractivity contribution in [3.63, 3.8) is 0 Å². The number of imide groups is 1. The molecule has 0 saturated carbocycles. The van der Waals surface area contributed by atoms with Crippen molar-refractivity contribution in [2.24, 2.45) is 5.92 Å². The second kappa shape index (κ2) is 8.34. The van der Waals surface area contributed by atoms with E-state index in [1.54, 1.807) is 19.1 Å². The number of fused-ring (bicyclic) bond motifs is 1. The molecular weight excluding hydrogens is 377 g/mol. The van der Waals surface area contributed by atoms with Crippen molar-refractivity contribution in [2.45, 2.75) is 26.3 Å². The number of Topliss-reactive ketones (excluding diaryl/α,β-unsaturated/α-hetero) is 1. The van der Waals surface area contributed by atoms with Crippen molar-refractivity contribution in [1.29, 1.82) is 0 Å². The lowest BCUT2D eigenvalue weighted by molar-refractivity contribution is -0.149. The van der Waals surface area contributed by atoms with E-state index in [9.17, 15) is 23.6 Å². The zero-order chi connectivity index (χ0) is 21.1. The van der Waals surface area contributed by atoms with Gasteiger partial charge >= 0.3 is 5.97 Å². The number of hydrogen-bond donors (Lipinski definition) is 0. The zero-order valence-electron chi connectivity index (χ0n) is 16.1. The number of halogens is 1. The first-order valence-electron chi connectivity index (χ1n) is 9.27. The number of amides is 2. The Morgan fingerprint density at radius 3 is 2.07 bits per heavy atom. The van der Waals surface area contributed by atoms with E-state index in [0.29, 0.717) is 6.42 Å². The standard InChI is InChI=1S/C22H20FNO5/c1-3-13(2)19(24-20(26)16-6-4-5-7-17(16)21(24)27)22(28)29-12-18(25)14-8-10-15(23)11-9-14/h4-11,13,19H,3,12H2,1-2H3/t13-,19-/m0/s1. The first kappa shape index (κ1) is 20.4.